The van der Waals surface area contributed by atoms with E-state index in [9.17, 15) is 28.0 Å². The van der Waals surface area contributed by atoms with Gasteiger partial charge in [-0.05, 0) is 62.3 Å². The quantitative estimate of drug-likeness (QED) is 0.124. The topological polar surface area (TPSA) is 153 Å². The SMILES string of the molecule is CC1(NC(=O)NCCOCCNC(=O)CCCCC2SCC3NC(=O)NC32)CCC(NCC(=O)N2Cc3cc(F)c(F)cc3C2)C1. The van der Waals surface area contributed by atoms with Gasteiger partial charge in [-0.15, -0.1) is 0 Å². The van der Waals surface area contributed by atoms with Crippen molar-refractivity contribution in [2.45, 2.75) is 93.9 Å². The van der Waals surface area contributed by atoms with Crippen molar-refractivity contribution in [2.75, 3.05) is 38.6 Å². The lowest BCUT2D eigenvalue weighted by atomic mass is 10.0. The summed E-state index contributed by atoms with van der Waals surface area (Å²) in [5.74, 6) is -1.02. The van der Waals surface area contributed by atoms with Gasteiger partial charge in [-0.25, -0.2) is 18.4 Å². The highest BCUT2D eigenvalue weighted by molar-refractivity contribution is 8.00. The number of halogens is 2. The number of nitrogens with zero attached hydrogens (tertiary/aromatic N) is 1. The summed E-state index contributed by atoms with van der Waals surface area (Å²) in [5.41, 5.74) is 0.836. The first kappa shape index (κ1) is 34.2. The molecule has 2 saturated heterocycles. The third-order valence-electron chi connectivity index (χ3n) is 9.20. The second-order valence-electron chi connectivity index (χ2n) is 12.9. The molecule has 5 atom stereocenters. The zero-order chi connectivity index (χ0) is 32.7. The molecular formula is C31H45F2N7O5S. The van der Waals surface area contributed by atoms with Gasteiger partial charge in [0.15, 0.2) is 11.6 Å². The lowest BCUT2D eigenvalue weighted by molar-refractivity contribution is -0.131. The molecule has 15 heteroatoms. The molecule has 0 radical (unpaired) electrons. The Morgan fingerprint density at radius 3 is 2.52 bits per heavy atom. The molecule has 0 spiro atoms. The van der Waals surface area contributed by atoms with Crippen LogP contribution in [-0.2, 0) is 27.4 Å². The Hall–Kier alpha value is -3.17. The van der Waals surface area contributed by atoms with Crippen molar-refractivity contribution in [1.82, 2.24) is 36.8 Å². The maximum Gasteiger partial charge on any atom is 0.315 e. The highest BCUT2D eigenvalue weighted by Crippen LogP contribution is 2.33. The van der Waals surface area contributed by atoms with Gasteiger partial charge in [-0.2, -0.15) is 11.8 Å². The maximum absolute atomic E-state index is 13.5. The van der Waals surface area contributed by atoms with Gasteiger partial charge in [-0.3, -0.25) is 9.59 Å². The van der Waals surface area contributed by atoms with Crippen molar-refractivity contribution >= 4 is 35.6 Å². The summed E-state index contributed by atoms with van der Waals surface area (Å²) in [6.07, 6.45) is 5.40. The van der Waals surface area contributed by atoms with E-state index < -0.39 is 17.2 Å². The number of rotatable bonds is 15. The molecule has 1 aromatic rings. The van der Waals surface area contributed by atoms with Gasteiger partial charge in [-0.1, -0.05) is 6.42 Å². The summed E-state index contributed by atoms with van der Waals surface area (Å²) in [6.45, 7) is 4.02. The van der Waals surface area contributed by atoms with E-state index in [0.717, 1.165) is 50.0 Å². The molecule has 3 fully saturated rings. The Morgan fingerprint density at radius 2 is 1.78 bits per heavy atom. The summed E-state index contributed by atoms with van der Waals surface area (Å²) in [7, 11) is 0. The van der Waals surface area contributed by atoms with Crippen molar-refractivity contribution in [3.8, 4) is 0 Å². The second-order valence-corrected chi connectivity index (χ2v) is 14.1. The van der Waals surface area contributed by atoms with E-state index in [1.54, 1.807) is 4.90 Å². The van der Waals surface area contributed by atoms with Crippen LogP contribution in [0.5, 0.6) is 0 Å². The van der Waals surface area contributed by atoms with E-state index in [1.165, 1.54) is 0 Å². The zero-order valence-electron chi connectivity index (χ0n) is 26.2. The van der Waals surface area contributed by atoms with Gasteiger partial charge in [0.1, 0.15) is 0 Å². The number of carbonyl (C=O) groups is 4. The van der Waals surface area contributed by atoms with E-state index in [4.69, 9.17) is 4.74 Å². The number of benzene rings is 1. The van der Waals surface area contributed by atoms with Crippen molar-refractivity contribution in [1.29, 1.82) is 0 Å². The fourth-order valence-electron chi connectivity index (χ4n) is 6.72. The molecule has 5 unspecified atom stereocenters. The normalized spacial score (nSPS) is 26.3. The average molecular weight is 666 g/mol. The lowest BCUT2D eigenvalue weighted by Crippen LogP contribution is -2.50. The number of fused-ring (bicyclic) bond motifs is 2. The molecule has 46 heavy (non-hydrogen) atoms. The van der Waals surface area contributed by atoms with Crippen LogP contribution in [-0.4, -0.2) is 96.3 Å². The molecule has 254 valence electrons. The lowest BCUT2D eigenvalue weighted by Gasteiger charge is -2.26. The molecule has 3 heterocycles. The summed E-state index contributed by atoms with van der Waals surface area (Å²) in [4.78, 5) is 50.3. The van der Waals surface area contributed by atoms with Crippen molar-refractivity contribution in [2.24, 2.45) is 0 Å². The minimum absolute atomic E-state index is 0.00848. The molecule has 5 rings (SSSR count). The molecule has 3 aliphatic heterocycles. The van der Waals surface area contributed by atoms with Gasteiger partial charge in [0.2, 0.25) is 11.8 Å². The summed E-state index contributed by atoms with van der Waals surface area (Å²) < 4.78 is 32.6. The number of ether oxygens (including phenoxy) is 1. The van der Waals surface area contributed by atoms with E-state index >= 15 is 0 Å². The van der Waals surface area contributed by atoms with Crippen LogP contribution in [0.25, 0.3) is 0 Å². The van der Waals surface area contributed by atoms with Crippen LogP contribution in [0.4, 0.5) is 18.4 Å². The third-order valence-corrected chi connectivity index (χ3v) is 10.7. The molecule has 0 aromatic heterocycles. The highest BCUT2D eigenvalue weighted by atomic mass is 32.2. The Balaban J connectivity index is 0.854. The van der Waals surface area contributed by atoms with Gasteiger partial charge in [0, 0.05) is 55.2 Å². The predicted molar refractivity (Wildman–Crippen MR) is 169 cm³/mol. The van der Waals surface area contributed by atoms with E-state index in [2.05, 4.69) is 31.9 Å². The minimum Gasteiger partial charge on any atom is -0.378 e. The highest BCUT2D eigenvalue weighted by Gasteiger charge is 2.42. The number of hydrogen-bond acceptors (Lipinski definition) is 7. The maximum atomic E-state index is 13.5. The van der Waals surface area contributed by atoms with Crippen LogP contribution >= 0.6 is 11.8 Å². The smallest absolute Gasteiger partial charge is 0.315 e. The van der Waals surface area contributed by atoms with E-state index in [1.807, 2.05) is 18.7 Å². The Kier molecular flexibility index (Phi) is 11.6. The monoisotopic (exact) mass is 665 g/mol. The second kappa shape index (κ2) is 15.6. The van der Waals surface area contributed by atoms with Gasteiger partial charge in [0.05, 0.1) is 31.8 Å². The molecule has 4 aliphatic rings. The van der Waals surface area contributed by atoms with Gasteiger partial charge >= 0.3 is 12.1 Å². The van der Waals surface area contributed by atoms with Crippen LogP contribution in [0, 0.1) is 11.6 Å². The molecule has 6 amide bonds. The van der Waals surface area contributed by atoms with Crippen molar-refractivity contribution < 1.29 is 32.7 Å². The number of thioether (sulfide) groups is 1. The van der Waals surface area contributed by atoms with Crippen LogP contribution in [0.15, 0.2) is 12.1 Å². The fraction of sp³-hybridized carbons (Fsp3) is 0.677. The van der Waals surface area contributed by atoms with Crippen molar-refractivity contribution in [3.63, 3.8) is 0 Å². The molecule has 1 saturated carbocycles. The van der Waals surface area contributed by atoms with Crippen LogP contribution < -0.4 is 31.9 Å². The first-order valence-corrected chi connectivity index (χ1v) is 17.2. The first-order valence-electron chi connectivity index (χ1n) is 16.2. The number of urea groups is 2. The molecule has 0 bridgehead atoms. The predicted octanol–water partition coefficient (Wildman–Crippen LogP) is 1.87. The van der Waals surface area contributed by atoms with Gasteiger partial charge in [0.25, 0.3) is 0 Å². The van der Waals surface area contributed by atoms with Crippen molar-refractivity contribution in [3.05, 3.63) is 34.9 Å². The minimum atomic E-state index is -0.905. The number of nitrogens with one attached hydrogen (secondary N) is 6. The van der Waals surface area contributed by atoms with Crippen LogP contribution in [0.3, 0.4) is 0 Å². The van der Waals surface area contributed by atoms with E-state index in [0.29, 0.717) is 55.5 Å². The molecule has 1 aliphatic carbocycles. The summed E-state index contributed by atoms with van der Waals surface area (Å²) >= 11 is 1.88. The largest absolute Gasteiger partial charge is 0.378 e. The summed E-state index contributed by atoms with van der Waals surface area (Å²) in [6, 6.07) is 2.41. The Bertz CT molecular complexity index is 1260. The Morgan fingerprint density at radius 1 is 1.07 bits per heavy atom. The number of unbranched alkanes of at least 4 members (excludes halogenated alkanes) is 1. The first-order chi connectivity index (χ1) is 22.1. The number of amides is 6. The van der Waals surface area contributed by atoms with Crippen LogP contribution in [0.2, 0.25) is 0 Å². The molecular weight excluding hydrogens is 620 g/mol. The fourth-order valence-corrected chi connectivity index (χ4v) is 8.26. The molecule has 1 aromatic carbocycles. The van der Waals surface area contributed by atoms with E-state index in [-0.39, 0.29) is 61.6 Å². The Labute approximate surface area is 272 Å². The van der Waals surface area contributed by atoms with Gasteiger partial charge < -0.3 is 41.5 Å². The third kappa shape index (κ3) is 9.22. The zero-order valence-corrected chi connectivity index (χ0v) is 27.0. The molecule has 6 N–H and O–H groups in total. The average Bonchev–Trinajstić information content (AvgIpc) is 3.78. The summed E-state index contributed by atoms with van der Waals surface area (Å²) in [5, 5.41) is 18.3. The standard InChI is InChI=1S/C31H45F2N7O5S/c1-31(7-6-21(14-31)36-15-27(42)40-16-19-12-22(32)23(33)13-20(19)17-40)39-29(43)35-9-11-45-10-8-34-26(41)5-3-2-4-25-28-24(18-46-25)37-30(44)38-28/h12-13,21,24-25,28,36H,2-11,14-18H2,1H3,(H,34,41)(H2,35,39,43)(H2,37,38,44). The van der Waals surface area contributed by atoms with Crippen LogP contribution in [0.1, 0.15) is 63.0 Å². The molecule has 12 nitrogen and oxygen atoms in total. The number of carbonyl (C=O) groups excluding carboxylic acids is 4. The number of hydrogen-bond donors (Lipinski definition) is 6.